The standard InChI is InChI=1S/C19H31N3O.C4H8.C4H10/c1-13(19(3,4)5)10-17-14(2)21-18(11-20-17)16-9-7-6-8-15(12-23)22-16;1-4-2-3-4;1-3-4-2/h10-11,15-16,22-23H,6-9,12H2,1-5H3;4H,2-3H2,1H3;3-4H2,1-2H3/b13-10+;;. The lowest BCUT2D eigenvalue weighted by Gasteiger charge is -2.21. The van der Waals surface area contributed by atoms with Crippen molar-refractivity contribution in [3.63, 3.8) is 0 Å². The van der Waals surface area contributed by atoms with Gasteiger partial charge in [-0.05, 0) is 44.1 Å². The van der Waals surface area contributed by atoms with Crippen LogP contribution in [-0.2, 0) is 0 Å². The fourth-order valence-electron chi connectivity index (χ4n) is 2.97. The summed E-state index contributed by atoms with van der Waals surface area (Å²) in [6.45, 7) is 17.6. The molecule has 2 N–H and O–H groups in total. The molecule has 4 nitrogen and oxygen atoms in total. The number of unbranched alkanes of at least 4 members (excludes halogenated alkanes) is 1. The average Bonchev–Trinajstić information content (AvgIpc) is 3.55. The van der Waals surface area contributed by atoms with E-state index in [1.165, 1.54) is 37.7 Å². The van der Waals surface area contributed by atoms with Crippen LogP contribution in [0.5, 0.6) is 0 Å². The number of rotatable bonds is 4. The number of hydrogen-bond donors (Lipinski definition) is 2. The Hall–Kier alpha value is -1.26. The maximum Gasteiger partial charge on any atom is 0.0842 e. The molecule has 0 aromatic carbocycles. The molecular weight excluding hydrogens is 382 g/mol. The van der Waals surface area contributed by atoms with Gasteiger partial charge >= 0.3 is 0 Å². The number of aliphatic hydroxyl groups excluding tert-OH is 1. The van der Waals surface area contributed by atoms with Crippen LogP contribution in [-0.4, -0.2) is 27.7 Å². The Morgan fingerprint density at radius 2 is 1.71 bits per heavy atom. The van der Waals surface area contributed by atoms with Crippen LogP contribution >= 0.6 is 0 Å². The van der Waals surface area contributed by atoms with Gasteiger partial charge in [0, 0.05) is 6.04 Å². The topological polar surface area (TPSA) is 58.0 Å². The van der Waals surface area contributed by atoms with Gasteiger partial charge in [0.2, 0.25) is 0 Å². The van der Waals surface area contributed by atoms with Gasteiger partial charge in [0.25, 0.3) is 0 Å². The van der Waals surface area contributed by atoms with Crippen molar-refractivity contribution >= 4 is 6.08 Å². The second-order valence-corrected chi connectivity index (χ2v) is 10.4. The molecule has 2 atom stereocenters. The maximum absolute atomic E-state index is 9.45. The van der Waals surface area contributed by atoms with Crippen LogP contribution in [0.3, 0.4) is 0 Å². The monoisotopic (exact) mass is 431 g/mol. The molecule has 31 heavy (non-hydrogen) atoms. The second-order valence-electron chi connectivity index (χ2n) is 10.4. The summed E-state index contributed by atoms with van der Waals surface area (Å²) in [5.41, 5.74) is 4.36. The van der Waals surface area contributed by atoms with Gasteiger partial charge in [0.15, 0.2) is 0 Å². The van der Waals surface area contributed by atoms with Crippen molar-refractivity contribution in [3.05, 3.63) is 28.9 Å². The van der Waals surface area contributed by atoms with Gasteiger partial charge in [-0.3, -0.25) is 9.97 Å². The lowest BCUT2D eigenvalue weighted by atomic mass is 9.87. The highest BCUT2D eigenvalue weighted by Gasteiger charge is 2.22. The zero-order valence-corrected chi connectivity index (χ0v) is 21.6. The Morgan fingerprint density at radius 3 is 2.16 bits per heavy atom. The summed E-state index contributed by atoms with van der Waals surface area (Å²) in [4.78, 5) is 9.44. The van der Waals surface area contributed by atoms with Crippen LogP contribution in [0.2, 0.25) is 0 Å². The summed E-state index contributed by atoms with van der Waals surface area (Å²) < 4.78 is 0. The molecule has 0 spiro atoms. The van der Waals surface area contributed by atoms with Crippen molar-refractivity contribution in [1.29, 1.82) is 0 Å². The molecule has 3 rings (SSSR count). The molecule has 178 valence electrons. The molecule has 1 saturated carbocycles. The van der Waals surface area contributed by atoms with E-state index in [4.69, 9.17) is 4.98 Å². The van der Waals surface area contributed by atoms with Crippen molar-refractivity contribution in [2.24, 2.45) is 11.3 Å². The Kier molecular flexibility index (Phi) is 12.5. The van der Waals surface area contributed by atoms with Gasteiger partial charge < -0.3 is 10.4 Å². The molecular formula is C27H49N3O. The minimum Gasteiger partial charge on any atom is -0.395 e. The van der Waals surface area contributed by atoms with Gasteiger partial charge in [-0.15, -0.1) is 0 Å². The number of allylic oxidation sites excluding steroid dienone is 1. The number of nitrogens with one attached hydrogen (secondary N) is 1. The maximum atomic E-state index is 9.45. The third-order valence-corrected chi connectivity index (χ3v) is 6.22. The fraction of sp³-hybridized carbons (Fsp3) is 0.778. The molecule has 2 fully saturated rings. The highest BCUT2D eigenvalue weighted by atomic mass is 16.3. The zero-order valence-electron chi connectivity index (χ0n) is 21.6. The van der Waals surface area contributed by atoms with E-state index in [0.717, 1.165) is 42.3 Å². The molecule has 1 aromatic rings. The molecule has 1 aliphatic heterocycles. The van der Waals surface area contributed by atoms with E-state index in [1.807, 2.05) is 13.1 Å². The number of aryl methyl sites for hydroxylation is 1. The summed E-state index contributed by atoms with van der Waals surface area (Å²) in [5, 5.41) is 13.0. The summed E-state index contributed by atoms with van der Waals surface area (Å²) >= 11 is 0. The fourth-order valence-corrected chi connectivity index (χ4v) is 2.97. The van der Waals surface area contributed by atoms with Crippen LogP contribution in [0, 0.1) is 18.3 Å². The minimum absolute atomic E-state index is 0.143. The third-order valence-electron chi connectivity index (χ3n) is 6.22. The first kappa shape index (κ1) is 27.8. The average molecular weight is 432 g/mol. The van der Waals surface area contributed by atoms with E-state index in [1.54, 1.807) is 0 Å². The highest BCUT2D eigenvalue weighted by Crippen LogP contribution is 2.28. The van der Waals surface area contributed by atoms with E-state index in [2.05, 4.69) is 64.8 Å². The van der Waals surface area contributed by atoms with Gasteiger partial charge in [-0.2, -0.15) is 0 Å². The summed E-state index contributed by atoms with van der Waals surface area (Å²) in [6.07, 6.45) is 14.1. The summed E-state index contributed by atoms with van der Waals surface area (Å²) in [5.74, 6) is 1.08. The van der Waals surface area contributed by atoms with E-state index in [0.29, 0.717) is 0 Å². The number of aromatic nitrogens is 2. The minimum atomic E-state index is 0.143. The Bertz CT molecular complexity index is 657. The second kappa shape index (κ2) is 14.0. The van der Waals surface area contributed by atoms with Crippen LogP contribution in [0.25, 0.3) is 6.08 Å². The Balaban J connectivity index is 0.000000505. The van der Waals surface area contributed by atoms with E-state index in [-0.39, 0.29) is 24.1 Å². The number of nitrogens with zero attached hydrogens (tertiary/aromatic N) is 2. The zero-order chi connectivity index (χ0) is 23.4. The van der Waals surface area contributed by atoms with Gasteiger partial charge in [-0.25, -0.2) is 0 Å². The smallest absolute Gasteiger partial charge is 0.0842 e. The van der Waals surface area contributed by atoms with Crippen LogP contribution in [0.1, 0.15) is 123 Å². The molecule has 0 bridgehead atoms. The predicted octanol–water partition coefficient (Wildman–Crippen LogP) is 7.02. The molecule has 2 unspecified atom stereocenters. The Labute approximate surface area is 192 Å². The Morgan fingerprint density at radius 1 is 1.13 bits per heavy atom. The molecule has 0 amide bonds. The quantitative estimate of drug-likeness (QED) is 0.537. The van der Waals surface area contributed by atoms with E-state index >= 15 is 0 Å². The molecule has 2 heterocycles. The van der Waals surface area contributed by atoms with Crippen molar-refractivity contribution in [3.8, 4) is 0 Å². The van der Waals surface area contributed by atoms with Crippen molar-refractivity contribution in [1.82, 2.24) is 15.3 Å². The van der Waals surface area contributed by atoms with Crippen molar-refractivity contribution in [2.45, 2.75) is 119 Å². The first-order valence-electron chi connectivity index (χ1n) is 12.5. The van der Waals surface area contributed by atoms with Gasteiger partial charge in [0.1, 0.15) is 0 Å². The van der Waals surface area contributed by atoms with Crippen LogP contribution in [0.4, 0.5) is 0 Å². The molecule has 2 aliphatic rings. The predicted molar refractivity (Wildman–Crippen MR) is 134 cm³/mol. The molecule has 4 heteroatoms. The van der Waals surface area contributed by atoms with Gasteiger partial charge in [0.05, 0.1) is 35.9 Å². The molecule has 1 saturated heterocycles. The lowest BCUT2D eigenvalue weighted by molar-refractivity contribution is 0.229. The van der Waals surface area contributed by atoms with E-state index < -0.39 is 0 Å². The van der Waals surface area contributed by atoms with E-state index in [9.17, 15) is 5.11 Å². The molecule has 0 radical (unpaired) electrons. The summed E-state index contributed by atoms with van der Waals surface area (Å²) in [6, 6.07) is 0.370. The highest BCUT2D eigenvalue weighted by molar-refractivity contribution is 5.51. The SMILES string of the molecule is C/C(=C\c1ncc(C2CCCCC(CO)N2)nc1C)C(C)(C)C.CC1CC1.CCCC. The van der Waals surface area contributed by atoms with Crippen molar-refractivity contribution in [2.75, 3.05) is 6.61 Å². The van der Waals surface area contributed by atoms with Crippen molar-refractivity contribution < 1.29 is 5.11 Å². The molecule has 1 aromatic heterocycles. The summed E-state index contributed by atoms with van der Waals surface area (Å²) in [7, 11) is 0. The third kappa shape index (κ3) is 11.2. The number of aliphatic hydroxyl groups is 1. The first-order chi connectivity index (χ1) is 14.6. The number of hydrogen-bond acceptors (Lipinski definition) is 4. The normalized spacial score (nSPS) is 21.9. The van der Waals surface area contributed by atoms with Crippen LogP contribution in [0.15, 0.2) is 11.8 Å². The van der Waals surface area contributed by atoms with Crippen LogP contribution < -0.4 is 5.32 Å². The lowest BCUT2D eigenvalue weighted by Crippen LogP contribution is -2.34. The first-order valence-corrected chi connectivity index (χ1v) is 12.5. The van der Waals surface area contributed by atoms with Gasteiger partial charge in [-0.1, -0.05) is 85.6 Å². The largest absolute Gasteiger partial charge is 0.395 e. The molecule has 1 aliphatic carbocycles.